The molecule has 26 heavy (non-hydrogen) atoms. The van der Waals surface area contributed by atoms with E-state index in [1.165, 1.54) is 42.8 Å². The Balaban J connectivity index is 1.46. The van der Waals surface area contributed by atoms with Crippen molar-refractivity contribution in [2.45, 2.75) is 50.2 Å². The second-order valence-corrected chi connectivity index (χ2v) is 8.98. The third-order valence-electron chi connectivity index (χ3n) is 4.61. The van der Waals surface area contributed by atoms with Crippen LogP contribution in [0.15, 0.2) is 5.16 Å². The van der Waals surface area contributed by atoms with Gasteiger partial charge in [0, 0.05) is 19.1 Å². The first-order valence-corrected chi connectivity index (χ1v) is 11.2. The van der Waals surface area contributed by atoms with Crippen LogP contribution in [0.25, 0.3) is 0 Å². The summed E-state index contributed by atoms with van der Waals surface area (Å²) in [5.41, 5.74) is 0. The van der Waals surface area contributed by atoms with Gasteiger partial charge in [0.15, 0.2) is 5.16 Å². The van der Waals surface area contributed by atoms with Crippen LogP contribution in [0.1, 0.15) is 44.0 Å². The molecule has 2 amide bonds. The van der Waals surface area contributed by atoms with Crippen LogP contribution in [0.5, 0.6) is 0 Å². The zero-order valence-corrected chi connectivity index (χ0v) is 17.2. The minimum atomic E-state index is -0.0731. The summed E-state index contributed by atoms with van der Waals surface area (Å²) in [6.45, 7) is 2.80. The fourth-order valence-corrected chi connectivity index (χ4v) is 5.30. The van der Waals surface area contributed by atoms with E-state index >= 15 is 0 Å². The molecule has 142 valence electrons. The Labute approximate surface area is 167 Å². The lowest BCUT2D eigenvalue weighted by molar-refractivity contribution is -0.124. The summed E-state index contributed by atoms with van der Waals surface area (Å²) in [6, 6.07) is 0.448. The van der Waals surface area contributed by atoms with E-state index in [1.807, 2.05) is 6.92 Å². The lowest BCUT2D eigenvalue weighted by atomic mass is 9.95. The Hall–Kier alpha value is -1.13. The lowest BCUT2D eigenvalue weighted by Crippen LogP contribution is -2.38. The van der Waals surface area contributed by atoms with Crippen molar-refractivity contribution in [2.75, 3.05) is 24.6 Å². The van der Waals surface area contributed by atoms with Gasteiger partial charge in [0.2, 0.25) is 11.8 Å². The van der Waals surface area contributed by atoms with Crippen molar-refractivity contribution in [1.82, 2.24) is 25.0 Å². The molecule has 10 heteroatoms. The Morgan fingerprint density at radius 3 is 2.81 bits per heavy atom. The number of carbonyl (C=O) groups is 2. The highest BCUT2D eigenvalue weighted by molar-refractivity contribution is 8.23. The first-order valence-electron chi connectivity index (χ1n) is 8.84. The summed E-state index contributed by atoms with van der Waals surface area (Å²) in [5, 5.41) is 12.1. The molecule has 1 aromatic heterocycles. The van der Waals surface area contributed by atoms with Crippen LogP contribution in [0.2, 0.25) is 0 Å². The van der Waals surface area contributed by atoms with Crippen LogP contribution >= 0.6 is 35.7 Å². The van der Waals surface area contributed by atoms with E-state index < -0.39 is 0 Å². The molecule has 2 aliphatic rings. The van der Waals surface area contributed by atoms with Crippen molar-refractivity contribution in [1.29, 1.82) is 0 Å². The molecule has 0 atom stereocenters. The zero-order valence-electron chi connectivity index (χ0n) is 14.8. The Kier molecular flexibility index (Phi) is 6.93. The third-order valence-corrected chi connectivity index (χ3v) is 6.98. The van der Waals surface area contributed by atoms with E-state index in [-0.39, 0.29) is 17.6 Å². The predicted molar refractivity (Wildman–Crippen MR) is 107 cm³/mol. The van der Waals surface area contributed by atoms with Crippen LogP contribution in [-0.4, -0.2) is 60.4 Å². The molecule has 1 aliphatic carbocycles. The summed E-state index contributed by atoms with van der Waals surface area (Å²) in [7, 11) is 0. The number of aromatic nitrogens is 3. The van der Waals surface area contributed by atoms with Crippen molar-refractivity contribution >= 4 is 51.9 Å². The van der Waals surface area contributed by atoms with Gasteiger partial charge in [-0.2, -0.15) is 0 Å². The van der Waals surface area contributed by atoms with E-state index in [0.717, 1.165) is 23.8 Å². The van der Waals surface area contributed by atoms with Gasteiger partial charge in [-0.1, -0.05) is 55.0 Å². The molecule has 0 spiro atoms. The fraction of sp³-hybridized carbons (Fsp3) is 0.688. The number of rotatable bonds is 7. The maximum atomic E-state index is 12.1. The molecule has 7 nitrogen and oxygen atoms in total. The molecule has 0 radical (unpaired) electrons. The number of nitrogens with one attached hydrogen (secondary N) is 1. The minimum absolute atomic E-state index is 0.0136. The van der Waals surface area contributed by atoms with Gasteiger partial charge in [-0.05, 0) is 19.8 Å². The molecule has 1 saturated carbocycles. The molecular weight excluding hydrogens is 390 g/mol. The monoisotopic (exact) mass is 413 g/mol. The van der Waals surface area contributed by atoms with Gasteiger partial charge >= 0.3 is 0 Å². The van der Waals surface area contributed by atoms with Crippen molar-refractivity contribution < 1.29 is 9.59 Å². The van der Waals surface area contributed by atoms with Crippen LogP contribution in [0.4, 0.5) is 0 Å². The SMILES string of the molecule is Cc1nnc(SCC(=O)NCCN2C(=O)CSC2=S)n1C1CCCCC1. The van der Waals surface area contributed by atoms with E-state index in [4.69, 9.17) is 12.2 Å². The van der Waals surface area contributed by atoms with Crippen LogP contribution in [-0.2, 0) is 9.59 Å². The number of hydrogen-bond donors (Lipinski definition) is 1. The molecule has 0 unspecified atom stereocenters. The summed E-state index contributed by atoms with van der Waals surface area (Å²) in [5.74, 6) is 1.55. The van der Waals surface area contributed by atoms with Crippen molar-refractivity contribution in [3.63, 3.8) is 0 Å². The topological polar surface area (TPSA) is 80.1 Å². The smallest absolute Gasteiger partial charge is 0.238 e. The second kappa shape index (κ2) is 9.18. The van der Waals surface area contributed by atoms with Crippen molar-refractivity contribution in [2.24, 2.45) is 0 Å². The van der Waals surface area contributed by atoms with Gasteiger partial charge in [-0.3, -0.25) is 14.5 Å². The number of carbonyl (C=O) groups excluding carboxylic acids is 2. The highest BCUT2D eigenvalue weighted by Crippen LogP contribution is 2.32. The first-order chi connectivity index (χ1) is 12.6. The van der Waals surface area contributed by atoms with E-state index in [9.17, 15) is 9.59 Å². The first kappa shape index (κ1) is 19.6. The third kappa shape index (κ3) is 4.77. The lowest BCUT2D eigenvalue weighted by Gasteiger charge is -2.24. The maximum absolute atomic E-state index is 12.1. The van der Waals surface area contributed by atoms with Gasteiger partial charge < -0.3 is 9.88 Å². The van der Waals surface area contributed by atoms with Crippen LogP contribution < -0.4 is 5.32 Å². The van der Waals surface area contributed by atoms with Gasteiger partial charge in [-0.15, -0.1) is 10.2 Å². The van der Waals surface area contributed by atoms with Crippen molar-refractivity contribution in [3.05, 3.63) is 5.82 Å². The Morgan fingerprint density at radius 1 is 1.35 bits per heavy atom. The normalized spacial score (nSPS) is 18.6. The van der Waals surface area contributed by atoms with Crippen LogP contribution in [0, 0.1) is 6.92 Å². The largest absolute Gasteiger partial charge is 0.354 e. The number of thioether (sulfide) groups is 2. The zero-order chi connectivity index (χ0) is 18.5. The predicted octanol–water partition coefficient (Wildman–Crippen LogP) is 2.16. The summed E-state index contributed by atoms with van der Waals surface area (Å²) >= 11 is 7.91. The molecule has 2 heterocycles. The molecule has 1 saturated heterocycles. The average molecular weight is 414 g/mol. The fourth-order valence-electron chi connectivity index (χ4n) is 3.29. The molecule has 0 bridgehead atoms. The van der Waals surface area contributed by atoms with E-state index in [1.54, 1.807) is 4.90 Å². The van der Waals surface area contributed by atoms with Gasteiger partial charge in [0.25, 0.3) is 0 Å². The average Bonchev–Trinajstić information content (AvgIpc) is 3.17. The Bertz CT molecular complexity index is 671. The van der Waals surface area contributed by atoms with Gasteiger partial charge in [0.1, 0.15) is 10.1 Å². The Morgan fingerprint density at radius 2 is 2.12 bits per heavy atom. The molecule has 2 fully saturated rings. The molecule has 1 aliphatic heterocycles. The maximum Gasteiger partial charge on any atom is 0.238 e. The quantitative estimate of drug-likeness (QED) is 0.542. The van der Waals surface area contributed by atoms with Gasteiger partial charge in [-0.25, -0.2) is 0 Å². The number of thiocarbonyl (C=S) groups is 1. The number of hydrogen-bond acceptors (Lipinski definition) is 7. The molecule has 0 aromatic carbocycles. The van der Waals surface area contributed by atoms with E-state index in [2.05, 4.69) is 20.1 Å². The molecule has 3 rings (SSSR count). The summed E-state index contributed by atoms with van der Waals surface area (Å²) < 4.78 is 2.78. The van der Waals surface area contributed by atoms with Crippen LogP contribution in [0.3, 0.4) is 0 Å². The van der Waals surface area contributed by atoms with Crippen molar-refractivity contribution in [3.8, 4) is 0 Å². The standard InChI is InChI=1S/C16H23N5O2S3/c1-11-18-19-15(21(11)12-5-3-2-4-6-12)25-9-13(22)17-7-8-20-14(23)10-26-16(20)24/h12H,2-10H2,1H3,(H,17,22). The molecule has 1 N–H and O–H groups in total. The second-order valence-electron chi connectivity index (χ2n) is 6.43. The summed E-state index contributed by atoms with van der Waals surface area (Å²) in [4.78, 5) is 25.3. The minimum Gasteiger partial charge on any atom is -0.354 e. The number of nitrogens with zero attached hydrogens (tertiary/aromatic N) is 4. The highest BCUT2D eigenvalue weighted by Gasteiger charge is 2.26. The summed E-state index contributed by atoms with van der Waals surface area (Å²) in [6.07, 6.45) is 6.08. The highest BCUT2D eigenvalue weighted by atomic mass is 32.2. The van der Waals surface area contributed by atoms with E-state index in [0.29, 0.717) is 29.2 Å². The number of amides is 2. The van der Waals surface area contributed by atoms with Gasteiger partial charge in [0.05, 0.1) is 11.5 Å². The number of aryl methyl sites for hydroxylation is 1. The molecular formula is C16H23N5O2S3. The molecule has 1 aromatic rings.